The molecule has 0 aliphatic carbocycles. The lowest BCUT2D eigenvalue weighted by Gasteiger charge is -2.16. The maximum Gasteiger partial charge on any atom is 0.112 e. The second-order valence-corrected chi connectivity index (χ2v) is 6.25. The van der Waals surface area contributed by atoms with Crippen molar-refractivity contribution < 1.29 is 5.11 Å². The second-order valence-electron chi connectivity index (χ2n) is 4.90. The molecule has 2 unspecified atom stereocenters. The van der Waals surface area contributed by atoms with Gasteiger partial charge in [-0.15, -0.1) is 0 Å². The van der Waals surface area contributed by atoms with Crippen molar-refractivity contribution in [3.63, 3.8) is 0 Å². The van der Waals surface area contributed by atoms with Crippen LogP contribution >= 0.6 is 11.8 Å². The lowest BCUT2D eigenvalue weighted by Crippen LogP contribution is -2.24. The van der Waals surface area contributed by atoms with Crippen molar-refractivity contribution in [2.45, 2.75) is 30.6 Å². The first-order valence-corrected chi connectivity index (χ1v) is 7.50. The number of fused-ring (bicyclic) bond motifs is 1. The van der Waals surface area contributed by atoms with E-state index in [1.54, 1.807) is 0 Å². The van der Waals surface area contributed by atoms with Gasteiger partial charge in [0.2, 0.25) is 0 Å². The second kappa shape index (κ2) is 4.94. The Morgan fingerprint density at radius 1 is 1.50 bits per heavy atom. The average molecular weight is 262 g/mol. The molecular weight excluding hydrogens is 244 g/mol. The fourth-order valence-corrected chi connectivity index (χ4v) is 3.89. The van der Waals surface area contributed by atoms with Crippen molar-refractivity contribution in [2.75, 3.05) is 5.75 Å². The summed E-state index contributed by atoms with van der Waals surface area (Å²) in [7, 11) is 2.03. The summed E-state index contributed by atoms with van der Waals surface area (Å²) in [6.07, 6.45) is 2.75. The number of benzene rings is 1. The monoisotopic (exact) mass is 262 g/mol. The van der Waals surface area contributed by atoms with Crippen LogP contribution in [0.25, 0.3) is 11.0 Å². The molecule has 3 rings (SSSR count). The summed E-state index contributed by atoms with van der Waals surface area (Å²) in [5, 5.41) is 10.7. The van der Waals surface area contributed by atoms with Crippen LogP contribution < -0.4 is 0 Å². The lowest BCUT2D eigenvalue weighted by molar-refractivity contribution is 0.167. The fourth-order valence-electron chi connectivity index (χ4n) is 2.60. The van der Waals surface area contributed by atoms with Gasteiger partial charge in [-0.25, -0.2) is 4.98 Å². The third kappa shape index (κ3) is 2.15. The number of thioether (sulfide) groups is 1. The molecule has 3 nitrogen and oxygen atoms in total. The van der Waals surface area contributed by atoms with Crippen LogP contribution in [0.15, 0.2) is 24.3 Å². The smallest absolute Gasteiger partial charge is 0.112 e. The van der Waals surface area contributed by atoms with E-state index in [0.717, 1.165) is 23.3 Å². The Morgan fingerprint density at radius 2 is 2.33 bits per heavy atom. The number of aromatic nitrogens is 2. The van der Waals surface area contributed by atoms with Gasteiger partial charge in [-0.2, -0.15) is 11.8 Å². The van der Waals surface area contributed by atoms with Crippen LogP contribution in [-0.4, -0.2) is 31.8 Å². The summed E-state index contributed by atoms with van der Waals surface area (Å²) >= 11 is 1.90. The van der Waals surface area contributed by atoms with Crippen LogP contribution in [0.5, 0.6) is 0 Å². The molecule has 1 saturated heterocycles. The Balaban J connectivity index is 1.83. The Bertz CT molecular complexity index is 546. The molecule has 0 bridgehead atoms. The van der Waals surface area contributed by atoms with Crippen molar-refractivity contribution in [3.8, 4) is 0 Å². The number of imidazole rings is 1. The van der Waals surface area contributed by atoms with Gasteiger partial charge in [0.25, 0.3) is 0 Å². The topological polar surface area (TPSA) is 38.0 Å². The lowest BCUT2D eigenvalue weighted by atomic mass is 10.1. The van der Waals surface area contributed by atoms with E-state index in [1.807, 2.05) is 37.0 Å². The van der Waals surface area contributed by atoms with Gasteiger partial charge < -0.3 is 9.67 Å². The molecule has 96 valence electrons. The van der Waals surface area contributed by atoms with Crippen molar-refractivity contribution in [1.82, 2.24) is 9.55 Å². The maximum atomic E-state index is 10.3. The zero-order valence-corrected chi connectivity index (χ0v) is 11.4. The van der Waals surface area contributed by atoms with Gasteiger partial charge in [-0.3, -0.25) is 0 Å². The number of aliphatic hydroxyl groups excluding tert-OH is 1. The van der Waals surface area contributed by atoms with E-state index in [2.05, 4.69) is 15.6 Å². The highest BCUT2D eigenvalue weighted by Crippen LogP contribution is 2.30. The molecule has 1 aliphatic rings. The molecule has 0 spiro atoms. The largest absolute Gasteiger partial charge is 0.392 e. The van der Waals surface area contributed by atoms with E-state index < -0.39 is 0 Å². The quantitative estimate of drug-likeness (QED) is 0.923. The van der Waals surface area contributed by atoms with Crippen molar-refractivity contribution in [3.05, 3.63) is 30.1 Å². The molecule has 1 aliphatic heterocycles. The molecular formula is C14H18N2OS. The molecule has 4 heteroatoms. The molecule has 1 N–H and O–H groups in total. The van der Waals surface area contributed by atoms with Crippen molar-refractivity contribution in [2.24, 2.45) is 7.05 Å². The fraction of sp³-hybridized carbons (Fsp3) is 0.500. The van der Waals surface area contributed by atoms with Gasteiger partial charge in [0.05, 0.1) is 17.1 Å². The number of aliphatic hydroxyl groups is 1. The zero-order valence-electron chi connectivity index (χ0n) is 10.5. The highest BCUT2D eigenvalue weighted by atomic mass is 32.2. The summed E-state index contributed by atoms with van der Waals surface area (Å²) < 4.78 is 2.10. The highest BCUT2D eigenvalue weighted by molar-refractivity contribution is 8.00. The van der Waals surface area contributed by atoms with Crippen molar-refractivity contribution in [1.29, 1.82) is 0 Å². The van der Waals surface area contributed by atoms with Gasteiger partial charge >= 0.3 is 0 Å². The van der Waals surface area contributed by atoms with Gasteiger partial charge in [0, 0.05) is 18.7 Å². The molecule has 1 aromatic carbocycles. The Morgan fingerprint density at radius 3 is 3.06 bits per heavy atom. The van der Waals surface area contributed by atoms with E-state index in [-0.39, 0.29) is 6.10 Å². The van der Waals surface area contributed by atoms with Gasteiger partial charge in [-0.1, -0.05) is 12.1 Å². The van der Waals surface area contributed by atoms with Crippen LogP contribution in [0, 0.1) is 0 Å². The molecule has 2 heterocycles. The first-order valence-electron chi connectivity index (χ1n) is 6.45. The summed E-state index contributed by atoms with van der Waals surface area (Å²) in [4.78, 5) is 4.62. The van der Waals surface area contributed by atoms with Crippen LogP contribution in [-0.2, 0) is 13.5 Å². The summed E-state index contributed by atoms with van der Waals surface area (Å²) in [6.45, 7) is 0. The molecule has 0 radical (unpaired) electrons. The number of hydrogen-bond donors (Lipinski definition) is 1. The maximum absolute atomic E-state index is 10.3. The number of para-hydroxylation sites is 2. The van der Waals surface area contributed by atoms with Gasteiger partial charge in [0.15, 0.2) is 0 Å². The van der Waals surface area contributed by atoms with E-state index in [9.17, 15) is 5.11 Å². The van der Waals surface area contributed by atoms with E-state index >= 15 is 0 Å². The molecule has 1 fully saturated rings. The first kappa shape index (κ1) is 12.1. The van der Waals surface area contributed by atoms with E-state index in [4.69, 9.17) is 0 Å². The average Bonchev–Trinajstić information content (AvgIpc) is 3.00. The minimum absolute atomic E-state index is 0.270. The number of hydrogen-bond acceptors (Lipinski definition) is 3. The minimum Gasteiger partial charge on any atom is -0.392 e. The van der Waals surface area contributed by atoms with Crippen LogP contribution in [0.2, 0.25) is 0 Å². The Hall–Kier alpha value is -1.00. The molecule has 1 aromatic heterocycles. The van der Waals surface area contributed by atoms with Crippen LogP contribution in [0.3, 0.4) is 0 Å². The number of rotatable bonds is 3. The molecule has 18 heavy (non-hydrogen) atoms. The highest BCUT2D eigenvalue weighted by Gasteiger charge is 2.25. The predicted octanol–water partition coefficient (Wildman–Crippen LogP) is 2.37. The third-order valence-electron chi connectivity index (χ3n) is 3.67. The summed E-state index contributed by atoms with van der Waals surface area (Å²) in [5.41, 5.74) is 2.15. The third-order valence-corrected chi connectivity index (χ3v) is 5.17. The zero-order chi connectivity index (χ0) is 12.5. The van der Waals surface area contributed by atoms with Crippen LogP contribution in [0.4, 0.5) is 0 Å². The van der Waals surface area contributed by atoms with Crippen molar-refractivity contribution >= 4 is 22.8 Å². The normalized spacial score (nSPS) is 21.6. The van der Waals surface area contributed by atoms with E-state index in [1.165, 1.54) is 12.2 Å². The first-order chi connectivity index (χ1) is 8.75. The van der Waals surface area contributed by atoms with Gasteiger partial charge in [-0.05, 0) is 30.7 Å². The van der Waals surface area contributed by atoms with Crippen LogP contribution in [0.1, 0.15) is 18.7 Å². The minimum atomic E-state index is -0.270. The Kier molecular flexibility index (Phi) is 3.31. The standard InChI is InChI=1S/C14H18N2OS/c1-16-11-6-3-2-5-10(11)15-14(16)9-12(17)13-7-4-8-18-13/h2-3,5-6,12-13,17H,4,7-9H2,1H3. The van der Waals surface area contributed by atoms with Gasteiger partial charge in [0.1, 0.15) is 5.82 Å². The van der Waals surface area contributed by atoms with E-state index in [0.29, 0.717) is 11.7 Å². The summed E-state index contributed by atoms with van der Waals surface area (Å²) in [6, 6.07) is 8.12. The molecule has 0 saturated carbocycles. The number of aryl methyl sites for hydroxylation is 1. The Labute approximate surface area is 111 Å². The predicted molar refractivity (Wildman–Crippen MR) is 75.9 cm³/mol. The molecule has 2 aromatic rings. The summed E-state index contributed by atoms with van der Waals surface area (Å²) in [5.74, 6) is 2.17. The number of nitrogens with zero attached hydrogens (tertiary/aromatic N) is 2. The SMILES string of the molecule is Cn1c(CC(O)C2CCCS2)nc2ccccc21. The molecule has 2 atom stereocenters. The molecule has 0 amide bonds.